The molecule has 0 atom stereocenters. The van der Waals surface area contributed by atoms with E-state index in [2.05, 4.69) is 15.3 Å². The number of benzene rings is 1. The molecule has 0 bridgehead atoms. The van der Waals surface area contributed by atoms with E-state index in [1.54, 1.807) is 16.9 Å². The summed E-state index contributed by atoms with van der Waals surface area (Å²) in [6, 6.07) is 7.91. The Hall–Kier alpha value is -3.16. The molecule has 1 aliphatic rings. The summed E-state index contributed by atoms with van der Waals surface area (Å²) < 4.78 is 5.14. The molecule has 1 aromatic carbocycles. The third-order valence-corrected chi connectivity index (χ3v) is 4.51. The average molecular weight is 369 g/mol. The van der Waals surface area contributed by atoms with Crippen molar-refractivity contribution < 1.29 is 14.3 Å². The zero-order valence-corrected chi connectivity index (χ0v) is 15.3. The van der Waals surface area contributed by atoms with Crippen molar-refractivity contribution in [3.8, 4) is 5.75 Å². The highest BCUT2D eigenvalue weighted by Gasteiger charge is 2.21. The highest BCUT2D eigenvalue weighted by molar-refractivity contribution is 5.93. The zero-order valence-electron chi connectivity index (χ0n) is 15.3. The first-order valence-corrected chi connectivity index (χ1v) is 8.87. The predicted molar refractivity (Wildman–Crippen MR) is 101 cm³/mol. The van der Waals surface area contributed by atoms with Gasteiger partial charge >= 0.3 is 0 Å². The minimum absolute atomic E-state index is 0.106. The number of methoxy groups -OCH3 is 1. The number of nitrogens with one attached hydrogen (secondary N) is 1. The number of piperazine rings is 1. The van der Waals surface area contributed by atoms with Gasteiger partial charge < -0.3 is 19.9 Å². The van der Waals surface area contributed by atoms with Gasteiger partial charge in [0.05, 0.1) is 12.7 Å². The number of carbonyl (C=O) groups is 2. The predicted octanol–water partition coefficient (Wildman–Crippen LogP) is 1.05. The van der Waals surface area contributed by atoms with Crippen LogP contribution in [-0.4, -0.2) is 71.9 Å². The van der Waals surface area contributed by atoms with Gasteiger partial charge in [-0.1, -0.05) is 12.1 Å². The maximum Gasteiger partial charge on any atom is 0.257 e. The van der Waals surface area contributed by atoms with Crippen LogP contribution in [0.2, 0.25) is 0 Å². The van der Waals surface area contributed by atoms with E-state index in [4.69, 9.17) is 4.74 Å². The van der Waals surface area contributed by atoms with Gasteiger partial charge in [-0.05, 0) is 24.1 Å². The van der Waals surface area contributed by atoms with Crippen molar-refractivity contribution >= 4 is 18.3 Å². The van der Waals surface area contributed by atoms with Crippen LogP contribution in [0, 0.1) is 0 Å². The van der Waals surface area contributed by atoms with Crippen LogP contribution in [0.4, 0.5) is 5.95 Å². The molecule has 8 heteroatoms. The largest absolute Gasteiger partial charge is 0.497 e. The molecule has 0 saturated carbocycles. The highest BCUT2D eigenvalue weighted by atomic mass is 16.5. The number of anilines is 1. The molecular formula is C19H23N5O3. The third-order valence-electron chi connectivity index (χ3n) is 4.51. The number of rotatable bonds is 7. The number of nitrogens with zero attached hydrogens (tertiary/aromatic N) is 4. The van der Waals surface area contributed by atoms with Crippen LogP contribution in [0.1, 0.15) is 15.9 Å². The lowest BCUT2D eigenvalue weighted by Gasteiger charge is -2.32. The number of hydrogen-bond acceptors (Lipinski definition) is 6. The Bertz CT molecular complexity index is 756. The molecular weight excluding hydrogens is 346 g/mol. The van der Waals surface area contributed by atoms with E-state index in [-0.39, 0.29) is 5.91 Å². The van der Waals surface area contributed by atoms with Crippen LogP contribution in [0.3, 0.4) is 0 Å². The topological polar surface area (TPSA) is 87.7 Å². The molecule has 1 aromatic heterocycles. The van der Waals surface area contributed by atoms with Gasteiger partial charge in [0.15, 0.2) is 0 Å². The first-order chi connectivity index (χ1) is 13.2. The second-order valence-corrected chi connectivity index (χ2v) is 6.25. The quantitative estimate of drug-likeness (QED) is 0.734. The summed E-state index contributed by atoms with van der Waals surface area (Å²) in [6.45, 7) is 2.86. The van der Waals surface area contributed by atoms with Crippen molar-refractivity contribution in [2.24, 2.45) is 0 Å². The summed E-state index contributed by atoms with van der Waals surface area (Å²) in [5.74, 6) is 1.22. The minimum Gasteiger partial charge on any atom is -0.497 e. The van der Waals surface area contributed by atoms with Gasteiger partial charge in [0, 0.05) is 45.1 Å². The molecule has 0 unspecified atom stereocenters. The van der Waals surface area contributed by atoms with Gasteiger partial charge in [-0.2, -0.15) is 0 Å². The molecule has 2 amide bonds. The summed E-state index contributed by atoms with van der Waals surface area (Å²) in [7, 11) is 1.65. The molecule has 2 heterocycles. The van der Waals surface area contributed by atoms with Gasteiger partial charge in [0.1, 0.15) is 5.75 Å². The van der Waals surface area contributed by atoms with E-state index in [9.17, 15) is 9.59 Å². The first kappa shape index (κ1) is 18.6. The smallest absolute Gasteiger partial charge is 0.257 e. The summed E-state index contributed by atoms with van der Waals surface area (Å²) in [5, 5.41) is 3.16. The molecule has 1 saturated heterocycles. The molecule has 3 rings (SSSR count). The van der Waals surface area contributed by atoms with Gasteiger partial charge in [-0.3, -0.25) is 9.59 Å². The fourth-order valence-electron chi connectivity index (χ4n) is 2.85. The van der Waals surface area contributed by atoms with E-state index in [1.807, 2.05) is 24.3 Å². The van der Waals surface area contributed by atoms with E-state index < -0.39 is 0 Å². The minimum atomic E-state index is -0.106. The molecule has 2 aromatic rings. The van der Waals surface area contributed by atoms with Crippen molar-refractivity contribution in [3.05, 3.63) is 47.8 Å². The van der Waals surface area contributed by atoms with Gasteiger partial charge in [0.25, 0.3) is 5.91 Å². The molecule has 0 aliphatic carbocycles. The number of hydrogen-bond donors (Lipinski definition) is 1. The monoisotopic (exact) mass is 369 g/mol. The maximum atomic E-state index is 12.5. The second-order valence-electron chi connectivity index (χ2n) is 6.25. The number of carbonyl (C=O) groups excluding carboxylic acids is 2. The lowest BCUT2D eigenvalue weighted by atomic mass is 10.1. The number of aromatic nitrogens is 2. The van der Waals surface area contributed by atoms with E-state index >= 15 is 0 Å². The second kappa shape index (κ2) is 8.98. The van der Waals surface area contributed by atoms with Gasteiger partial charge in [-0.25, -0.2) is 9.97 Å². The molecule has 1 aliphatic heterocycles. The average Bonchev–Trinajstić information content (AvgIpc) is 2.74. The Labute approximate surface area is 158 Å². The van der Waals surface area contributed by atoms with Crippen LogP contribution < -0.4 is 10.1 Å². The molecule has 0 radical (unpaired) electrons. The van der Waals surface area contributed by atoms with Crippen LogP contribution in [0.15, 0.2) is 36.7 Å². The first-order valence-electron chi connectivity index (χ1n) is 8.87. The molecule has 142 valence electrons. The number of ether oxygens (including phenoxy) is 1. The Morgan fingerprint density at radius 3 is 2.41 bits per heavy atom. The Balaban J connectivity index is 1.48. The van der Waals surface area contributed by atoms with Crippen LogP contribution >= 0.6 is 0 Å². The van der Waals surface area contributed by atoms with Crippen molar-refractivity contribution in [3.63, 3.8) is 0 Å². The lowest BCUT2D eigenvalue weighted by molar-refractivity contribution is -0.119. The van der Waals surface area contributed by atoms with Gasteiger partial charge in [0.2, 0.25) is 12.4 Å². The molecule has 27 heavy (non-hydrogen) atoms. The SMILES string of the molecule is COc1ccc(CCNc2ncc(C(=O)N3CCN(C=O)CC3)cn2)cc1. The summed E-state index contributed by atoms with van der Waals surface area (Å²) >= 11 is 0. The fraction of sp³-hybridized carbons (Fsp3) is 0.368. The van der Waals surface area contributed by atoms with Gasteiger partial charge in [-0.15, -0.1) is 0 Å². The molecule has 8 nitrogen and oxygen atoms in total. The molecule has 0 spiro atoms. The van der Waals surface area contributed by atoms with Crippen LogP contribution in [-0.2, 0) is 11.2 Å². The Morgan fingerprint density at radius 2 is 1.81 bits per heavy atom. The number of amides is 2. The Kier molecular flexibility index (Phi) is 6.19. The summed E-state index contributed by atoms with van der Waals surface area (Å²) in [5.41, 5.74) is 1.64. The van der Waals surface area contributed by atoms with Crippen molar-refractivity contribution in [1.29, 1.82) is 0 Å². The maximum absolute atomic E-state index is 12.5. The molecule has 1 N–H and O–H groups in total. The van der Waals surface area contributed by atoms with Crippen LogP contribution in [0.5, 0.6) is 5.75 Å². The van der Waals surface area contributed by atoms with E-state index in [0.29, 0.717) is 44.2 Å². The third kappa shape index (κ3) is 4.93. The lowest BCUT2D eigenvalue weighted by Crippen LogP contribution is -2.48. The molecule has 1 fully saturated rings. The Morgan fingerprint density at radius 1 is 1.15 bits per heavy atom. The van der Waals surface area contributed by atoms with E-state index in [0.717, 1.165) is 18.6 Å². The standard InChI is InChI=1S/C19H23N5O3/c1-27-17-4-2-15(3-5-17)6-7-20-19-21-12-16(13-22-19)18(26)24-10-8-23(14-25)9-11-24/h2-5,12-14H,6-11H2,1H3,(H,20,21,22). The zero-order chi connectivity index (χ0) is 19.1. The summed E-state index contributed by atoms with van der Waals surface area (Å²) in [6.07, 6.45) is 4.72. The summed E-state index contributed by atoms with van der Waals surface area (Å²) in [4.78, 5) is 35.0. The van der Waals surface area contributed by atoms with Crippen molar-refractivity contribution in [2.45, 2.75) is 6.42 Å². The normalized spacial score (nSPS) is 14.0. The fourth-order valence-corrected chi connectivity index (χ4v) is 2.85. The highest BCUT2D eigenvalue weighted by Crippen LogP contribution is 2.12. The van der Waals surface area contributed by atoms with E-state index in [1.165, 1.54) is 18.0 Å². The van der Waals surface area contributed by atoms with Crippen LogP contribution in [0.25, 0.3) is 0 Å². The van der Waals surface area contributed by atoms with Crippen molar-refractivity contribution in [2.75, 3.05) is 45.2 Å². The van der Waals surface area contributed by atoms with Crippen molar-refractivity contribution in [1.82, 2.24) is 19.8 Å².